The topological polar surface area (TPSA) is 49.3 Å². The average molecular weight is 396 g/mol. The summed E-state index contributed by atoms with van der Waals surface area (Å²) in [7, 11) is 1.80. The van der Waals surface area contributed by atoms with Gasteiger partial charge < -0.3 is 10.6 Å². The molecule has 0 aliphatic carbocycles. The molecule has 0 aliphatic heterocycles. The third kappa shape index (κ3) is 7.10. The Morgan fingerprint density at radius 2 is 2.00 bits per heavy atom. The molecule has 0 fully saturated rings. The number of nitrogens with zero attached hydrogens (tertiary/aromatic N) is 2. The third-order valence-corrected chi connectivity index (χ3v) is 3.68. The second-order valence-electron chi connectivity index (χ2n) is 4.77. The largest absolute Gasteiger partial charge is 0.356 e. The van der Waals surface area contributed by atoms with E-state index in [2.05, 4.69) is 48.3 Å². The summed E-state index contributed by atoms with van der Waals surface area (Å²) in [5.41, 5.74) is 1.16. The summed E-state index contributed by atoms with van der Waals surface area (Å²) >= 11 is 1.78. The van der Waals surface area contributed by atoms with E-state index in [0.717, 1.165) is 36.2 Å². The van der Waals surface area contributed by atoms with Gasteiger partial charge >= 0.3 is 0 Å². The molecule has 6 heteroatoms. The van der Waals surface area contributed by atoms with E-state index in [1.54, 1.807) is 18.4 Å². The molecule has 1 heterocycles. The fourth-order valence-corrected chi connectivity index (χ4v) is 2.56. The molecule has 0 spiro atoms. The molecular weight excluding hydrogens is 371 g/mol. The number of aryl methyl sites for hydroxylation is 2. The monoisotopic (exact) mass is 396 g/mol. The number of guanidine groups is 1. The summed E-state index contributed by atoms with van der Waals surface area (Å²) in [4.78, 5) is 9.99. The highest BCUT2D eigenvalue weighted by atomic mass is 127. The maximum atomic E-state index is 4.43. The van der Waals surface area contributed by atoms with E-state index in [1.165, 1.54) is 4.88 Å². The van der Waals surface area contributed by atoms with Crippen LogP contribution < -0.4 is 10.6 Å². The van der Waals surface area contributed by atoms with Gasteiger partial charge in [-0.1, -0.05) is 13.8 Å². The molecule has 1 rings (SSSR count). The van der Waals surface area contributed by atoms with Crippen molar-refractivity contribution in [3.05, 3.63) is 15.6 Å². The average Bonchev–Trinajstić information content (AvgIpc) is 2.62. The van der Waals surface area contributed by atoms with Gasteiger partial charge in [-0.15, -0.1) is 35.3 Å². The Bertz CT molecular complexity index is 401. The van der Waals surface area contributed by atoms with Crippen LogP contribution in [0.4, 0.5) is 0 Å². The normalized spacial score (nSPS) is 11.4. The molecule has 1 aromatic heterocycles. The zero-order valence-corrected chi connectivity index (χ0v) is 15.6. The Balaban J connectivity index is 0.00000324. The molecule has 0 bridgehead atoms. The molecule has 0 unspecified atom stereocenters. The van der Waals surface area contributed by atoms with Crippen molar-refractivity contribution in [2.45, 2.75) is 34.1 Å². The highest BCUT2D eigenvalue weighted by Crippen LogP contribution is 2.16. The first-order valence-corrected chi connectivity index (χ1v) is 7.22. The highest BCUT2D eigenvalue weighted by molar-refractivity contribution is 14.0. The van der Waals surface area contributed by atoms with Crippen molar-refractivity contribution in [1.82, 2.24) is 15.6 Å². The van der Waals surface area contributed by atoms with Crippen LogP contribution in [0.2, 0.25) is 0 Å². The van der Waals surface area contributed by atoms with E-state index < -0.39 is 0 Å². The fraction of sp³-hybridized carbons (Fsp3) is 0.692. The number of nitrogens with one attached hydrogen (secondary N) is 2. The van der Waals surface area contributed by atoms with Crippen LogP contribution in [0.15, 0.2) is 4.99 Å². The predicted molar refractivity (Wildman–Crippen MR) is 94.9 cm³/mol. The number of aliphatic imine (C=N–C) groups is 1. The van der Waals surface area contributed by atoms with Gasteiger partial charge in [-0.3, -0.25) is 4.99 Å². The number of halogens is 1. The van der Waals surface area contributed by atoms with Crippen molar-refractivity contribution in [2.24, 2.45) is 10.9 Å². The smallest absolute Gasteiger partial charge is 0.190 e. The number of hydrogen-bond acceptors (Lipinski definition) is 3. The molecule has 19 heavy (non-hydrogen) atoms. The Morgan fingerprint density at radius 1 is 1.32 bits per heavy atom. The first kappa shape index (κ1) is 18.6. The van der Waals surface area contributed by atoms with Crippen LogP contribution in [-0.4, -0.2) is 31.1 Å². The van der Waals surface area contributed by atoms with Crippen LogP contribution in [0.5, 0.6) is 0 Å². The van der Waals surface area contributed by atoms with Gasteiger partial charge in [0.2, 0.25) is 0 Å². The van der Waals surface area contributed by atoms with Crippen LogP contribution in [0, 0.1) is 19.8 Å². The van der Waals surface area contributed by atoms with Crippen molar-refractivity contribution < 1.29 is 0 Å². The first-order valence-electron chi connectivity index (χ1n) is 6.40. The van der Waals surface area contributed by atoms with E-state index >= 15 is 0 Å². The van der Waals surface area contributed by atoms with E-state index in [0.29, 0.717) is 5.92 Å². The van der Waals surface area contributed by atoms with Gasteiger partial charge in [0.05, 0.1) is 10.7 Å². The lowest BCUT2D eigenvalue weighted by Crippen LogP contribution is -2.39. The van der Waals surface area contributed by atoms with Crippen molar-refractivity contribution >= 4 is 41.3 Å². The van der Waals surface area contributed by atoms with Gasteiger partial charge in [0.25, 0.3) is 0 Å². The summed E-state index contributed by atoms with van der Waals surface area (Å²) in [5, 5.41) is 7.77. The minimum absolute atomic E-state index is 0. The quantitative estimate of drug-likeness (QED) is 0.457. The molecule has 0 aliphatic rings. The van der Waals surface area contributed by atoms with E-state index in [4.69, 9.17) is 0 Å². The maximum Gasteiger partial charge on any atom is 0.190 e. The second-order valence-corrected chi connectivity index (χ2v) is 6.05. The Labute approximate surface area is 137 Å². The van der Waals surface area contributed by atoms with Crippen molar-refractivity contribution in [3.8, 4) is 0 Å². The SMILES string of the molecule is CN=C(NCCc1sc(C)nc1C)NCC(C)C.I. The molecular formula is C13H25IN4S. The lowest BCUT2D eigenvalue weighted by atomic mass is 10.2. The lowest BCUT2D eigenvalue weighted by Gasteiger charge is -2.13. The molecule has 0 atom stereocenters. The van der Waals surface area contributed by atoms with E-state index in [9.17, 15) is 0 Å². The van der Waals surface area contributed by atoms with Gasteiger partial charge in [-0.25, -0.2) is 4.98 Å². The number of rotatable bonds is 5. The van der Waals surface area contributed by atoms with Crippen LogP contribution in [0.1, 0.15) is 29.4 Å². The van der Waals surface area contributed by atoms with Gasteiger partial charge in [0, 0.05) is 31.4 Å². The third-order valence-electron chi connectivity index (χ3n) is 2.55. The minimum Gasteiger partial charge on any atom is -0.356 e. The molecule has 2 N–H and O–H groups in total. The predicted octanol–water partition coefficient (Wildman–Crippen LogP) is 2.74. The fourth-order valence-electron chi connectivity index (χ4n) is 1.62. The van der Waals surface area contributed by atoms with Crippen LogP contribution in [0.3, 0.4) is 0 Å². The minimum atomic E-state index is 0. The summed E-state index contributed by atoms with van der Waals surface area (Å²) in [6.07, 6.45) is 1.000. The molecule has 0 saturated carbocycles. The van der Waals surface area contributed by atoms with Gasteiger partial charge in [0.15, 0.2) is 5.96 Å². The Kier molecular flexibility index (Phi) is 9.34. The van der Waals surface area contributed by atoms with Crippen molar-refractivity contribution in [3.63, 3.8) is 0 Å². The zero-order chi connectivity index (χ0) is 13.5. The second kappa shape index (κ2) is 9.52. The zero-order valence-electron chi connectivity index (χ0n) is 12.4. The number of hydrogen-bond donors (Lipinski definition) is 2. The molecule has 0 radical (unpaired) electrons. The molecule has 0 saturated heterocycles. The number of aromatic nitrogens is 1. The lowest BCUT2D eigenvalue weighted by molar-refractivity contribution is 0.614. The number of thiazole rings is 1. The van der Waals surface area contributed by atoms with E-state index in [1.807, 2.05) is 0 Å². The molecule has 4 nitrogen and oxygen atoms in total. The standard InChI is InChI=1S/C13H24N4S.HI/c1-9(2)8-16-13(14-5)15-7-6-12-10(3)17-11(4)18-12;/h9H,6-8H2,1-5H3,(H2,14,15,16);1H. The van der Waals surface area contributed by atoms with E-state index in [-0.39, 0.29) is 24.0 Å². The van der Waals surface area contributed by atoms with Crippen LogP contribution in [0.25, 0.3) is 0 Å². The highest BCUT2D eigenvalue weighted by Gasteiger charge is 2.05. The van der Waals surface area contributed by atoms with Crippen LogP contribution >= 0.6 is 35.3 Å². The summed E-state index contributed by atoms with van der Waals surface area (Å²) in [5.74, 6) is 1.50. The van der Waals surface area contributed by atoms with Gasteiger partial charge in [0.1, 0.15) is 0 Å². The molecule has 0 aromatic carbocycles. The summed E-state index contributed by atoms with van der Waals surface area (Å²) in [6, 6.07) is 0. The van der Waals surface area contributed by atoms with Gasteiger partial charge in [-0.2, -0.15) is 0 Å². The van der Waals surface area contributed by atoms with Crippen molar-refractivity contribution in [1.29, 1.82) is 0 Å². The van der Waals surface area contributed by atoms with Crippen molar-refractivity contribution in [2.75, 3.05) is 20.1 Å². The molecule has 1 aromatic rings. The Hall–Kier alpha value is -0.370. The Morgan fingerprint density at radius 3 is 2.47 bits per heavy atom. The molecule has 0 amide bonds. The van der Waals surface area contributed by atoms with Gasteiger partial charge in [-0.05, 0) is 19.8 Å². The molecule has 110 valence electrons. The first-order chi connectivity index (χ1) is 8.52. The maximum absolute atomic E-state index is 4.43. The summed E-state index contributed by atoms with van der Waals surface area (Å²) in [6.45, 7) is 10.3. The van der Waals surface area contributed by atoms with Crippen LogP contribution in [-0.2, 0) is 6.42 Å². The summed E-state index contributed by atoms with van der Waals surface area (Å²) < 4.78 is 0.